The van der Waals surface area contributed by atoms with Crippen LogP contribution in [0.2, 0.25) is 0 Å². The summed E-state index contributed by atoms with van der Waals surface area (Å²) in [5.74, 6) is 2.30. The molecule has 1 saturated heterocycles. The third-order valence-electron chi connectivity index (χ3n) is 5.38. The molecular formula is C20H34N2O2. The van der Waals surface area contributed by atoms with Crippen LogP contribution in [0.5, 0.6) is 11.5 Å². The summed E-state index contributed by atoms with van der Waals surface area (Å²) < 4.78 is 10.8. The Balaban J connectivity index is 2.16. The Morgan fingerprint density at radius 1 is 1.17 bits per heavy atom. The highest BCUT2D eigenvalue weighted by Gasteiger charge is 2.32. The van der Waals surface area contributed by atoms with Crippen LogP contribution in [-0.2, 0) is 6.54 Å². The summed E-state index contributed by atoms with van der Waals surface area (Å²) in [6, 6.07) is 7.58. The van der Waals surface area contributed by atoms with Gasteiger partial charge in [-0.15, -0.1) is 0 Å². The van der Waals surface area contributed by atoms with Crippen molar-refractivity contribution in [1.29, 1.82) is 0 Å². The molecule has 0 aliphatic carbocycles. The molecule has 1 fully saturated rings. The largest absolute Gasteiger partial charge is 0.493 e. The van der Waals surface area contributed by atoms with Gasteiger partial charge in [-0.2, -0.15) is 0 Å². The van der Waals surface area contributed by atoms with Crippen LogP contribution in [0.25, 0.3) is 0 Å². The average Bonchev–Trinajstić information content (AvgIpc) is 2.57. The summed E-state index contributed by atoms with van der Waals surface area (Å²) in [7, 11) is 5.63. The Morgan fingerprint density at radius 3 is 2.50 bits per heavy atom. The van der Waals surface area contributed by atoms with Crippen molar-refractivity contribution in [3.8, 4) is 11.5 Å². The maximum atomic E-state index is 5.47. The SMILES string of the molecule is CCCN(Cc1ccc(OC)c(OC)c1)[C@H]1C[C@@H](C)N(C)C[C@@H]1C. The van der Waals surface area contributed by atoms with Gasteiger partial charge in [0.1, 0.15) is 0 Å². The van der Waals surface area contributed by atoms with E-state index in [9.17, 15) is 0 Å². The van der Waals surface area contributed by atoms with Crippen molar-refractivity contribution in [3.63, 3.8) is 0 Å². The predicted molar refractivity (Wildman–Crippen MR) is 99.9 cm³/mol. The first-order valence-electron chi connectivity index (χ1n) is 9.15. The van der Waals surface area contributed by atoms with E-state index in [0.29, 0.717) is 18.0 Å². The van der Waals surface area contributed by atoms with Gasteiger partial charge in [0.25, 0.3) is 0 Å². The second kappa shape index (κ2) is 8.72. The van der Waals surface area contributed by atoms with E-state index in [2.05, 4.69) is 49.8 Å². The molecule has 1 aromatic carbocycles. The first-order chi connectivity index (χ1) is 11.5. The summed E-state index contributed by atoms with van der Waals surface area (Å²) in [5.41, 5.74) is 1.29. The first kappa shape index (κ1) is 19.1. The van der Waals surface area contributed by atoms with Gasteiger partial charge in [0.15, 0.2) is 11.5 Å². The molecule has 0 radical (unpaired) electrons. The lowest BCUT2D eigenvalue weighted by atomic mass is 9.88. The maximum Gasteiger partial charge on any atom is 0.161 e. The van der Waals surface area contributed by atoms with Crippen LogP contribution in [0.15, 0.2) is 18.2 Å². The van der Waals surface area contributed by atoms with Gasteiger partial charge in [0.2, 0.25) is 0 Å². The molecule has 0 spiro atoms. The topological polar surface area (TPSA) is 24.9 Å². The molecule has 136 valence electrons. The first-order valence-corrected chi connectivity index (χ1v) is 9.15. The molecule has 1 aliphatic heterocycles. The standard InChI is InChI=1S/C20H34N2O2/c1-7-10-22(18-11-16(3)21(4)13-15(18)2)14-17-8-9-19(23-5)20(12-17)24-6/h8-9,12,15-16,18H,7,10-11,13-14H2,1-6H3/t15-,16+,18-/m0/s1. The monoisotopic (exact) mass is 334 g/mol. The van der Waals surface area contributed by atoms with E-state index in [1.54, 1.807) is 14.2 Å². The van der Waals surface area contributed by atoms with Crippen LogP contribution in [0, 0.1) is 5.92 Å². The Hall–Kier alpha value is -1.26. The molecule has 1 heterocycles. The van der Waals surface area contributed by atoms with E-state index >= 15 is 0 Å². The van der Waals surface area contributed by atoms with Crippen LogP contribution in [0.1, 0.15) is 39.2 Å². The molecular weight excluding hydrogens is 300 g/mol. The van der Waals surface area contributed by atoms with Crippen molar-refractivity contribution in [2.75, 3.05) is 34.4 Å². The van der Waals surface area contributed by atoms with Crippen molar-refractivity contribution in [2.24, 2.45) is 5.92 Å². The fourth-order valence-corrected chi connectivity index (χ4v) is 3.89. The second-order valence-electron chi connectivity index (χ2n) is 7.23. The van der Waals surface area contributed by atoms with Crippen LogP contribution >= 0.6 is 0 Å². The number of rotatable bonds is 7. The molecule has 0 saturated carbocycles. The third-order valence-corrected chi connectivity index (χ3v) is 5.38. The third kappa shape index (κ3) is 4.42. The summed E-state index contributed by atoms with van der Waals surface area (Å²) in [6.45, 7) is 10.3. The zero-order valence-electron chi connectivity index (χ0n) is 16.2. The lowest BCUT2D eigenvalue weighted by molar-refractivity contribution is 0.0410. The summed E-state index contributed by atoms with van der Waals surface area (Å²) in [6.07, 6.45) is 2.42. The molecule has 2 rings (SSSR count). The van der Waals surface area contributed by atoms with E-state index < -0.39 is 0 Å². The zero-order valence-corrected chi connectivity index (χ0v) is 16.2. The van der Waals surface area contributed by atoms with Gasteiger partial charge < -0.3 is 14.4 Å². The van der Waals surface area contributed by atoms with Gasteiger partial charge in [-0.25, -0.2) is 0 Å². The van der Waals surface area contributed by atoms with Crippen molar-refractivity contribution in [1.82, 2.24) is 9.80 Å². The minimum Gasteiger partial charge on any atom is -0.493 e. The molecule has 0 N–H and O–H groups in total. The van der Waals surface area contributed by atoms with Gasteiger partial charge in [-0.1, -0.05) is 19.9 Å². The molecule has 0 bridgehead atoms. The lowest BCUT2D eigenvalue weighted by Crippen LogP contribution is -2.52. The highest BCUT2D eigenvalue weighted by atomic mass is 16.5. The van der Waals surface area contributed by atoms with Crippen LogP contribution in [-0.4, -0.2) is 56.2 Å². The summed E-state index contributed by atoms with van der Waals surface area (Å²) in [4.78, 5) is 5.15. The van der Waals surface area contributed by atoms with Gasteiger partial charge in [0.05, 0.1) is 14.2 Å². The lowest BCUT2D eigenvalue weighted by Gasteiger charge is -2.45. The summed E-state index contributed by atoms with van der Waals surface area (Å²) >= 11 is 0. The number of benzene rings is 1. The highest BCUT2D eigenvalue weighted by molar-refractivity contribution is 5.42. The minimum absolute atomic E-state index is 0.643. The number of methoxy groups -OCH3 is 2. The van der Waals surface area contributed by atoms with Crippen molar-refractivity contribution >= 4 is 0 Å². The van der Waals surface area contributed by atoms with E-state index in [-0.39, 0.29) is 0 Å². The number of hydrogen-bond acceptors (Lipinski definition) is 4. The molecule has 4 nitrogen and oxygen atoms in total. The van der Waals surface area contributed by atoms with E-state index in [1.165, 1.54) is 24.9 Å². The molecule has 1 aromatic rings. The Morgan fingerprint density at radius 2 is 1.88 bits per heavy atom. The molecule has 1 aliphatic rings. The molecule has 24 heavy (non-hydrogen) atoms. The van der Waals surface area contributed by atoms with Gasteiger partial charge >= 0.3 is 0 Å². The number of piperidine rings is 1. The van der Waals surface area contributed by atoms with Crippen molar-refractivity contribution < 1.29 is 9.47 Å². The Kier molecular flexibility index (Phi) is 6.93. The Bertz CT molecular complexity index is 520. The van der Waals surface area contributed by atoms with Crippen LogP contribution < -0.4 is 9.47 Å². The molecule has 4 heteroatoms. The second-order valence-corrected chi connectivity index (χ2v) is 7.23. The van der Waals surface area contributed by atoms with Crippen molar-refractivity contribution in [3.05, 3.63) is 23.8 Å². The fourth-order valence-electron chi connectivity index (χ4n) is 3.89. The number of hydrogen-bond donors (Lipinski definition) is 0. The Labute approximate surface area is 147 Å². The van der Waals surface area contributed by atoms with Crippen LogP contribution in [0.4, 0.5) is 0 Å². The predicted octanol–water partition coefficient (Wildman–Crippen LogP) is 3.64. The normalized spacial score (nSPS) is 25.0. The number of ether oxygens (including phenoxy) is 2. The molecule has 0 amide bonds. The van der Waals surface area contributed by atoms with E-state index in [4.69, 9.17) is 9.47 Å². The molecule has 0 aromatic heterocycles. The number of likely N-dealkylation sites (tertiary alicyclic amines) is 1. The zero-order chi connectivity index (χ0) is 17.7. The van der Waals surface area contributed by atoms with E-state index in [0.717, 1.165) is 24.6 Å². The van der Waals surface area contributed by atoms with E-state index in [1.807, 2.05) is 6.07 Å². The average molecular weight is 335 g/mol. The van der Waals surface area contributed by atoms with Crippen LogP contribution in [0.3, 0.4) is 0 Å². The van der Waals surface area contributed by atoms with Gasteiger partial charge in [-0.05, 0) is 57.0 Å². The maximum absolute atomic E-state index is 5.47. The minimum atomic E-state index is 0.643. The van der Waals surface area contributed by atoms with Gasteiger partial charge in [-0.3, -0.25) is 4.90 Å². The fraction of sp³-hybridized carbons (Fsp3) is 0.700. The molecule has 0 unspecified atom stereocenters. The highest BCUT2D eigenvalue weighted by Crippen LogP contribution is 2.30. The number of nitrogens with zero attached hydrogens (tertiary/aromatic N) is 2. The summed E-state index contributed by atoms with van der Waals surface area (Å²) in [5, 5.41) is 0. The smallest absolute Gasteiger partial charge is 0.161 e. The van der Waals surface area contributed by atoms with Crippen molar-refractivity contribution in [2.45, 2.75) is 52.2 Å². The molecule has 3 atom stereocenters. The quantitative estimate of drug-likeness (QED) is 0.760. The van der Waals surface area contributed by atoms with Gasteiger partial charge in [0, 0.05) is 25.2 Å².